The van der Waals surface area contributed by atoms with Crippen molar-refractivity contribution in [2.45, 2.75) is 32.4 Å². The summed E-state index contributed by atoms with van der Waals surface area (Å²) >= 11 is 15.2. The summed E-state index contributed by atoms with van der Waals surface area (Å²) in [6.07, 6.45) is 0. The zero-order valence-electron chi connectivity index (χ0n) is 13.4. The zero-order chi connectivity index (χ0) is 16.0. The van der Waals surface area contributed by atoms with E-state index < -0.39 is 0 Å². The van der Waals surface area contributed by atoms with E-state index in [9.17, 15) is 0 Å². The maximum absolute atomic E-state index is 5.65. The van der Waals surface area contributed by atoms with Crippen LogP contribution in [0.1, 0.15) is 33.3 Å². The van der Waals surface area contributed by atoms with Crippen molar-refractivity contribution < 1.29 is 4.74 Å². The monoisotopic (exact) mass is 346 g/mol. The van der Waals surface area contributed by atoms with Crippen molar-refractivity contribution in [1.29, 1.82) is 0 Å². The third-order valence-electron chi connectivity index (χ3n) is 3.52. The second-order valence-corrected chi connectivity index (χ2v) is 7.47. The first-order valence-corrected chi connectivity index (χ1v) is 8.69. The molecule has 0 amide bonds. The van der Waals surface area contributed by atoms with Gasteiger partial charge in [-0.2, -0.15) is 12.6 Å². The summed E-state index contributed by atoms with van der Waals surface area (Å²) in [4.78, 5) is 2.34. The molecule has 21 heavy (non-hydrogen) atoms. The summed E-state index contributed by atoms with van der Waals surface area (Å²) in [5.41, 5.74) is 2.02. The van der Waals surface area contributed by atoms with Crippen LogP contribution in [0.2, 0.25) is 0 Å². The standard InChI is InChI=1S/C15H26N2OS3/c1-5-17(6-2)8-10-18-9-7-16-12-11(15(3,4)21)13(19)14(12)20/h16,21H,5-10H2,1-4H3. The van der Waals surface area contributed by atoms with Crippen molar-refractivity contribution in [3.8, 4) is 0 Å². The number of hydrogen-bond acceptors (Lipinski definition) is 6. The molecule has 0 saturated heterocycles. The summed E-state index contributed by atoms with van der Waals surface area (Å²) < 4.78 is 6.92. The molecule has 1 rings (SSSR count). The lowest BCUT2D eigenvalue weighted by atomic mass is 9.96. The smallest absolute Gasteiger partial charge is 0.0797 e. The van der Waals surface area contributed by atoms with E-state index >= 15 is 0 Å². The van der Waals surface area contributed by atoms with Gasteiger partial charge in [0.2, 0.25) is 0 Å². The Bertz CT molecular complexity index is 512. The fraction of sp³-hybridized carbons (Fsp3) is 0.733. The van der Waals surface area contributed by atoms with Crippen LogP contribution in [0.15, 0.2) is 0 Å². The van der Waals surface area contributed by atoms with E-state index in [1.807, 2.05) is 13.8 Å². The van der Waals surface area contributed by atoms with Crippen LogP contribution in [0.25, 0.3) is 0 Å². The average Bonchev–Trinajstić information content (AvgIpc) is 2.43. The van der Waals surface area contributed by atoms with Crippen LogP contribution < -0.4 is 5.32 Å². The van der Waals surface area contributed by atoms with Crippen molar-refractivity contribution in [3.63, 3.8) is 0 Å². The number of nitrogens with one attached hydrogen (secondary N) is 1. The molecule has 120 valence electrons. The molecule has 1 aromatic carbocycles. The lowest BCUT2D eigenvalue weighted by molar-refractivity contribution is 0.114. The predicted octanol–water partition coefficient (Wildman–Crippen LogP) is 3.96. The lowest BCUT2D eigenvalue weighted by Gasteiger charge is -2.26. The van der Waals surface area contributed by atoms with Crippen molar-refractivity contribution >= 4 is 42.8 Å². The third-order valence-corrected chi connectivity index (χ3v) is 4.69. The van der Waals surface area contributed by atoms with Gasteiger partial charge in [0.05, 0.1) is 27.9 Å². The van der Waals surface area contributed by atoms with E-state index in [1.54, 1.807) is 0 Å². The molecule has 0 aliphatic heterocycles. The van der Waals surface area contributed by atoms with Gasteiger partial charge < -0.3 is 15.0 Å². The fourth-order valence-corrected chi connectivity index (χ4v) is 3.26. The predicted molar refractivity (Wildman–Crippen MR) is 99.6 cm³/mol. The lowest BCUT2D eigenvalue weighted by Crippen LogP contribution is -2.27. The van der Waals surface area contributed by atoms with E-state index in [4.69, 9.17) is 29.2 Å². The zero-order valence-corrected chi connectivity index (χ0v) is 15.9. The highest BCUT2D eigenvalue weighted by atomic mass is 32.1. The Labute approximate surface area is 144 Å². The Balaban J connectivity index is 2.33. The first-order valence-electron chi connectivity index (χ1n) is 7.43. The highest BCUT2D eigenvalue weighted by Crippen LogP contribution is 2.39. The van der Waals surface area contributed by atoms with E-state index in [1.165, 1.54) is 0 Å². The largest absolute Gasteiger partial charge is 0.381 e. The third kappa shape index (κ3) is 5.28. The molecule has 0 atom stereocenters. The van der Waals surface area contributed by atoms with E-state index in [2.05, 4.69) is 36.7 Å². The van der Waals surface area contributed by atoms with Crippen molar-refractivity contribution in [2.24, 2.45) is 0 Å². The molecule has 0 aromatic heterocycles. The Hall–Kier alpha value is -0.0100. The molecule has 1 aromatic rings. The minimum absolute atomic E-state index is 0.259. The Morgan fingerprint density at radius 1 is 1.14 bits per heavy atom. The summed E-state index contributed by atoms with van der Waals surface area (Å²) in [6, 6.07) is 0. The molecule has 0 aliphatic carbocycles. The normalized spacial score (nSPS) is 12.3. The molecule has 0 unspecified atom stereocenters. The Morgan fingerprint density at radius 2 is 1.76 bits per heavy atom. The Morgan fingerprint density at radius 3 is 2.29 bits per heavy atom. The van der Waals surface area contributed by atoms with Crippen LogP contribution in [-0.2, 0) is 9.48 Å². The van der Waals surface area contributed by atoms with Gasteiger partial charge in [0, 0.05) is 23.4 Å². The van der Waals surface area contributed by atoms with Gasteiger partial charge in [-0.05, 0) is 26.9 Å². The van der Waals surface area contributed by atoms with Crippen molar-refractivity contribution in [2.75, 3.05) is 44.7 Å². The van der Waals surface area contributed by atoms with E-state index in [0.29, 0.717) is 6.61 Å². The number of rotatable bonds is 10. The molecule has 0 spiro atoms. The molecule has 0 aliphatic rings. The van der Waals surface area contributed by atoms with Crippen LogP contribution in [0.3, 0.4) is 0 Å². The molecule has 6 heteroatoms. The molecule has 0 fully saturated rings. The number of hydrogen-bond donors (Lipinski definition) is 2. The molecule has 0 heterocycles. The molecule has 0 radical (unpaired) electrons. The van der Waals surface area contributed by atoms with E-state index in [-0.39, 0.29) is 4.75 Å². The maximum Gasteiger partial charge on any atom is 0.0797 e. The summed E-state index contributed by atoms with van der Waals surface area (Å²) in [6.45, 7) is 13.7. The van der Waals surface area contributed by atoms with Crippen LogP contribution in [-0.4, -0.2) is 44.3 Å². The van der Waals surface area contributed by atoms with Gasteiger partial charge in [0.25, 0.3) is 0 Å². The summed E-state index contributed by atoms with van der Waals surface area (Å²) in [5.74, 6) is 0. The first kappa shape index (κ1) is 19.0. The van der Waals surface area contributed by atoms with Crippen molar-refractivity contribution in [1.82, 2.24) is 4.90 Å². The number of ether oxygens (including phenoxy) is 1. The summed E-state index contributed by atoms with van der Waals surface area (Å²) in [7, 11) is 0. The molecule has 0 saturated carbocycles. The van der Waals surface area contributed by atoms with Crippen LogP contribution in [0, 0.1) is 9.02 Å². The molecule has 1 N–H and O–H groups in total. The van der Waals surface area contributed by atoms with Crippen LogP contribution >= 0.6 is 37.1 Å². The average molecular weight is 347 g/mol. The second kappa shape index (κ2) is 8.58. The minimum Gasteiger partial charge on any atom is -0.381 e. The van der Waals surface area contributed by atoms with E-state index in [0.717, 1.165) is 53.1 Å². The molecule has 3 nitrogen and oxygen atoms in total. The first-order chi connectivity index (χ1) is 9.82. The number of anilines is 1. The maximum atomic E-state index is 5.65. The van der Waals surface area contributed by atoms with Crippen molar-refractivity contribution in [3.05, 3.63) is 14.6 Å². The van der Waals surface area contributed by atoms with Gasteiger partial charge in [0.15, 0.2) is 0 Å². The SMILES string of the molecule is CCN(CC)CCOCCNc1c(C(C)(C)S)c(=S)c1=S. The van der Waals surface area contributed by atoms with Gasteiger partial charge in [-0.3, -0.25) is 0 Å². The molecule has 0 bridgehead atoms. The van der Waals surface area contributed by atoms with Gasteiger partial charge in [-0.1, -0.05) is 38.3 Å². The van der Waals surface area contributed by atoms with Gasteiger partial charge in [-0.25, -0.2) is 0 Å². The molecular weight excluding hydrogens is 320 g/mol. The van der Waals surface area contributed by atoms with Gasteiger partial charge >= 0.3 is 0 Å². The highest BCUT2D eigenvalue weighted by Gasteiger charge is 2.26. The topological polar surface area (TPSA) is 24.5 Å². The highest BCUT2D eigenvalue weighted by molar-refractivity contribution is 7.81. The van der Waals surface area contributed by atoms with Crippen LogP contribution in [0.4, 0.5) is 5.69 Å². The Kier molecular flexibility index (Phi) is 7.78. The van der Waals surface area contributed by atoms with Crippen LogP contribution in [0.5, 0.6) is 0 Å². The molecular formula is C15H26N2OS3. The minimum atomic E-state index is -0.259. The summed E-state index contributed by atoms with van der Waals surface area (Å²) in [5, 5.41) is 3.34. The quantitative estimate of drug-likeness (QED) is 0.380. The number of thiol groups is 1. The fourth-order valence-electron chi connectivity index (χ4n) is 2.23. The van der Waals surface area contributed by atoms with Gasteiger partial charge in [-0.15, -0.1) is 0 Å². The second-order valence-electron chi connectivity index (χ2n) is 5.53. The number of likely N-dealkylation sites (N-methyl/N-ethyl adjacent to an activating group) is 1. The number of nitrogens with zero attached hydrogens (tertiary/aromatic N) is 1. The van der Waals surface area contributed by atoms with Gasteiger partial charge in [0.1, 0.15) is 0 Å².